The summed E-state index contributed by atoms with van der Waals surface area (Å²) < 4.78 is 0. The number of hydrogen-bond donors (Lipinski definition) is 0. The van der Waals surface area contributed by atoms with Crippen molar-refractivity contribution in [1.82, 2.24) is 54.8 Å². The fourth-order valence-electron chi connectivity index (χ4n) is 5.86. The molecule has 7 aromatic rings. The van der Waals surface area contributed by atoms with Gasteiger partial charge >= 0.3 is 0 Å². The van der Waals surface area contributed by atoms with Gasteiger partial charge < -0.3 is 0 Å². The first kappa shape index (κ1) is 68.8. The SMILES string of the molecule is Cc1ccc(C(C)(C)C)cc1.Cc1ccc(C(C)(C)C)nc1.Cc1cnc(C(C)(C)C)cn1.Cc1cnc(C(C)(C)C)cn1.Cc1cnc(C(C)(C)C)nc1.Cc1cnc(C(C)(C)C)nc1.Cc1cnc(C(C)(C)C)nc1. The summed E-state index contributed by atoms with van der Waals surface area (Å²) in [5.74, 6) is 2.72. The van der Waals surface area contributed by atoms with Gasteiger partial charge in [0, 0.05) is 106 Å². The van der Waals surface area contributed by atoms with Crippen molar-refractivity contribution < 1.29 is 0 Å². The predicted molar refractivity (Wildman–Crippen MR) is 325 cm³/mol. The first-order valence-electron chi connectivity index (χ1n) is 27.0. The molecule has 0 radical (unpaired) electrons. The number of nitrogens with zero attached hydrogens (tertiary/aromatic N) is 11. The Morgan fingerprint density at radius 1 is 0.208 bits per heavy atom. The van der Waals surface area contributed by atoms with Gasteiger partial charge in [-0.1, -0.05) is 181 Å². The minimum absolute atomic E-state index is 0.0632. The molecule has 0 amide bonds. The summed E-state index contributed by atoms with van der Waals surface area (Å²) >= 11 is 0. The van der Waals surface area contributed by atoms with Crippen molar-refractivity contribution in [3.63, 3.8) is 0 Å². The van der Waals surface area contributed by atoms with Gasteiger partial charge in [0.15, 0.2) is 0 Å². The fraction of sp³-hybridized carbons (Fsp3) is 0.530. The van der Waals surface area contributed by atoms with Gasteiger partial charge in [0.1, 0.15) is 17.5 Å². The molecule has 0 saturated carbocycles. The summed E-state index contributed by atoms with van der Waals surface area (Å²) in [6.07, 6.45) is 20.3. The van der Waals surface area contributed by atoms with Crippen molar-refractivity contribution in [1.29, 1.82) is 0 Å². The van der Waals surface area contributed by atoms with Gasteiger partial charge in [-0.25, -0.2) is 29.9 Å². The highest BCUT2D eigenvalue weighted by Gasteiger charge is 2.19. The third-order valence-corrected chi connectivity index (χ3v) is 11.1. The van der Waals surface area contributed by atoms with E-state index in [1.54, 1.807) is 12.4 Å². The number of aryl methyl sites for hydroxylation is 7. The van der Waals surface area contributed by atoms with Crippen molar-refractivity contribution in [2.45, 2.75) is 232 Å². The van der Waals surface area contributed by atoms with Crippen molar-refractivity contribution in [3.05, 3.63) is 184 Å². The summed E-state index contributed by atoms with van der Waals surface area (Å²) in [6, 6.07) is 12.9. The van der Waals surface area contributed by atoms with Crippen LogP contribution in [0.5, 0.6) is 0 Å². The van der Waals surface area contributed by atoms with Gasteiger partial charge in [0.25, 0.3) is 0 Å². The molecule has 420 valence electrons. The largest absolute Gasteiger partial charge is 0.260 e. The van der Waals surface area contributed by atoms with Crippen LogP contribution in [0.3, 0.4) is 0 Å². The van der Waals surface area contributed by atoms with Crippen LogP contribution in [0.2, 0.25) is 0 Å². The van der Waals surface area contributed by atoms with E-state index < -0.39 is 0 Å². The van der Waals surface area contributed by atoms with Crippen molar-refractivity contribution in [2.24, 2.45) is 0 Å². The zero-order valence-electron chi connectivity index (χ0n) is 53.2. The maximum Gasteiger partial charge on any atom is 0.133 e. The Bertz CT molecular complexity index is 2150. The number of benzene rings is 1. The molecule has 0 N–H and O–H groups in total. The van der Waals surface area contributed by atoms with Gasteiger partial charge in [-0.2, -0.15) is 0 Å². The smallest absolute Gasteiger partial charge is 0.133 e. The predicted octanol–water partition coefficient (Wildman–Crippen LogP) is 16.4. The van der Waals surface area contributed by atoms with Crippen LogP contribution in [0.25, 0.3) is 0 Å². The summed E-state index contributed by atoms with van der Waals surface area (Å²) in [5.41, 5.74) is 13.3. The molecule has 0 fully saturated rings. The summed E-state index contributed by atoms with van der Waals surface area (Å²) in [5, 5.41) is 0. The molecule has 11 nitrogen and oxygen atoms in total. The standard InChI is InChI=1S/C11H16.C10H15N.5C9H14N2/c1-9-5-7-10(8-6-9)11(2,3)4;1-8-5-6-9(11-7-8)10(2,3)4;2*1-7-5-11-8(6-10-7)9(2,3)4;3*1-7-5-10-8(11-6-7)9(2,3)4/h5-8H,1-4H3;5-7H,1-4H3;5*5-6H,1-4H3. The summed E-state index contributed by atoms with van der Waals surface area (Å²) in [4.78, 5) is 46.7. The van der Waals surface area contributed by atoms with E-state index in [2.05, 4.69) is 250 Å². The molecule has 0 aliphatic heterocycles. The molecule has 6 aromatic heterocycles. The third kappa shape index (κ3) is 28.6. The molecule has 0 bridgehead atoms. The Hall–Kier alpha value is -6.23. The molecule has 0 aliphatic rings. The molecule has 7 rings (SSSR count). The zero-order valence-corrected chi connectivity index (χ0v) is 53.2. The fourth-order valence-corrected chi connectivity index (χ4v) is 5.86. The molecule has 0 atom stereocenters. The molecule has 0 saturated heterocycles. The van der Waals surface area contributed by atoms with Crippen LogP contribution in [0.15, 0.2) is 105 Å². The Morgan fingerprint density at radius 3 is 0.675 bits per heavy atom. The molecule has 11 heteroatoms. The van der Waals surface area contributed by atoms with Gasteiger partial charge in [-0.15, -0.1) is 0 Å². The maximum atomic E-state index is 4.35. The van der Waals surface area contributed by atoms with E-state index in [0.29, 0.717) is 0 Å². The van der Waals surface area contributed by atoms with E-state index in [1.165, 1.54) is 16.7 Å². The lowest BCUT2D eigenvalue weighted by atomic mass is 9.87. The van der Waals surface area contributed by atoms with Gasteiger partial charge in [0.05, 0.1) is 22.8 Å². The van der Waals surface area contributed by atoms with Crippen LogP contribution >= 0.6 is 0 Å². The molecule has 6 heterocycles. The second-order valence-electron chi connectivity index (χ2n) is 27.2. The van der Waals surface area contributed by atoms with E-state index in [1.807, 2.05) is 90.4 Å². The highest BCUT2D eigenvalue weighted by atomic mass is 14.9. The van der Waals surface area contributed by atoms with Crippen LogP contribution in [0.4, 0.5) is 0 Å². The number of rotatable bonds is 0. The number of pyridine rings is 1. The Labute approximate surface area is 468 Å². The lowest BCUT2D eigenvalue weighted by Gasteiger charge is -2.18. The second-order valence-corrected chi connectivity index (χ2v) is 27.2. The minimum Gasteiger partial charge on any atom is -0.260 e. The average molecular weight is 1050 g/mol. The van der Waals surface area contributed by atoms with E-state index in [4.69, 9.17) is 0 Å². The highest BCUT2D eigenvalue weighted by molar-refractivity contribution is 5.26. The van der Waals surface area contributed by atoms with Crippen LogP contribution in [-0.2, 0) is 37.9 Å². The maximum absolute atomic E-state index is 4.35. The molecule has 0 unspecified atom stereocenters. The van der Waals surface area contributed by atoms with E-state index in [9.17, 15) is 0 Å². The van der Waals surface area contributed by atoms with Crippen molar-refractivity contribution >= 4 is 0 Å². The van der Waals surface area contributed by atoms with E-state index >= 15 is 0 Å². The Kier molecular flexibility index (Phi) is 26.3. The zero-order chi connectivity index (χ0) is 59.4. The van der Waals surface area contributed by atoms with Gasteiger partial charge in [-0.3, -0.25) is 24.9 Å². The normalized spacial score (nSPS) is 11.6. The van der Waals surface area contributed by atoms with Crippen LogP contribution in [0.1, 0.15) is 225 Å². The minimum atomic E-state index is 0.0632. The van der Waals surface area contributed by atoms with E-state index in [0.717, 1.165) is 62.6 Å². The molecular formula is C66H101N11. The average Bonchev–Trinajstić information content (AvgIpc) is 3.29. The molecule has 1 aromatic carbocycles. The number of aromatic nitrogens is 11. The molecule has 0 aliphatic carbocycles. The van der Waals surface area contributed by atoms with Gasteiger partial charge in [0.2, 0.25) is 0 Å². The summed E-state index contributed by atoms with van der Waals surface area (Å²) in [7, 11) is 0. The topological polar surface area (TPSA) is 142 Å². The first-order chi connectivity index (χ1) is 35.0. The van der Waals surface area contributed by atoms with Crippen LogP contribution in [0, 0.1) is 48.5 Å². The van der Waals surface area contributed by atoms with Gasteiger partial charge in [-0.05, 0) is 87.8 Å². The Balaban J connectivity index is 0.000000449. The Morgan fingerprint density at radius 2 is 0.468 bits per heavy atom. The van der Waals surface area contributed by atoms with Crippen LogP contribution in [-0.4, -0.2) is 54.8 Å². The lowest BCUT2D eigenvalue weighted by molar-refractivity contribution is 0.544. The number of hydrogen-bond acceptors (Lipinski definition) is 11. The van der Waals surface area contributed by atoms with E-state index in [-0.39, 0.29) is 37.9 Å². The highest BCUT2D eigenvalue weighted by Crippen LogP contribution is 2.23. The summed E-state index contributed by atoms with van der Waals surface area (Å²) in [6.45, 7) is 59.0. The lowest BCUT2D eigenvalue weighted by Crippen LogP contribution is -2.15. The monoisotopic (exact) mass is 1050 g/mol. The third-order valence-electron chi connectivity index (χ3n) is 11.1. The van der Waals surface area contributed by atoms with Crippen LogP contribution < -0.4 is 0 Å². The quantitative estimate of drug-likeness (QED) is 0.143. The van der Waals surface area contributed by atoms with Crippen molar-refractivity contribution in [2.75, 3.05) is 0 Å². The molecule has 77 heavy (non-hydrogen) atoms. The van der Waals surface area contributed by atoms with Crippen molar-refractivity contribution in [3.8, 4) is 0 Å². The first-order valence-corrected chi connectivity index (χ1v) is 27.0. The second kappa shape index (κ2) is 29.5. The molecular weight excluding hydrogens is 947 g/mol. The molecule has 0 spiro atoms.